The molecule has 43 heavy (non-hydrogen) atoms. The minimum absolute atomic E-state index is 0.0787. The maximum Gasteiger partial charge on any atom is 0.261 e. The molecule has 1 fully saturated rings. The van der Waals surface area contributed by atoms with Crippen LogP contribution < -0.4 is 15.3 Å². The predicted molar refractivity (Wildman–Crippen MR) is 174 cm³/mol. The van der Waals surface area contributed by atoms with Gasteiger partial charge in [-0.3, -0.25) is 9.78 Å². The summed E-state index contributed by atoms with van der Waals surface area (Å²) in [6, 6.07) is 25.6. The van der Waals surface area contributed by atoms with Crippen LogP contribution in [-0.4, -0.2) is 44.4 Å². The first kappa shape index (κ1) is 31.1. The van der Waals surface area contributed by atoms with Crippen LogP contribution in [0.3, 0.4) is 0 Å². The second kappa shape index (κ2) is 12.7. The minimum Gasteiger partial charge on any atom is -0.403 e. The number of anilines is 1. The van der Waals surface area contributed by atoms with Crippen molar-refractivity contribution >= 4 is 41.8 Å². The van der Waals surface area contributed by atoms with E-state index >= 15 is 4.39 Å². The normalized spacial score (nSPS) is 17.6. The number of carbonyl (C=O) groups excluding carboxylic acids is 1. The number of pyridine rings is 1. The lowest BCUT2D eigenvalue weighted by atomic mass is 9.99. The first-order valence-corrected chi connectivity index (χ1v) is 16.9. The molecule has 0 saturated carbocycles. The summed E-state index contributed by atoms with van der Waals surface area (Å²) in [6.45, 7) is 11.8. The molecule has 0 N–H and O–H groups in total. The topological polar surface area (TPSA) is 51.7 Å². The Labute approximate surface area is 259 Å². The molecule has 3 aromatic carbocycles. The molecule has 0 spiro atoms. The van der Waals surface area contributed by atoms with Crippen LogP contribution in [-0.2, 0) is 15.8 Å². The smallest absolute Gasteiger partial charge is 0.261 e. The van der Waals surface area contributed by atoms with Gasteiger partial charge in [-0.25, -0.2) is 4.39 Å². The maximum atomic E-state index is 16.1. The van der Waals surface area contributed by atoms with Crippen molar-refractivity contribution in [2.24, 2.45) is 0 Å². The van der Waals surface area contributed by atoms with Gasteiger partial charge in [0, 0.05) is 36.6 Å². The number of hydrogen-bond acceptors (Lipinski definition) is 5. The molecule has 0 unspecified atom stereocenters. The molecule has 2 atom stereocenters. The van der Waals surface area contributed by atoms with Crippen LogP contribution in [0.4, 0.5) is 10.1 Å². The van der Waals surface area contributed by atoms with Gasteiger partial charge in [0.15, 0.2) is 11.6 Å². The van der Waals surface area contributed by atoms with Crippen molar-refractivity contribution in [2.75, 3.05) is 18.0 Å². The van der Waals surface area contributed by atoms with Gasteiger partial charge in [0.05, 0.1) is 30.1 Å². The third kappa shape index (κ3) is 6.18. The number of rotatable bonds is 8. The van der Waals surface area contributed by atoms with Gasteiger partial charge in [-0.2, -0.15) is 0 Å². The lowest BCUT2D eigenvalue weighted by Crippen LogP contribution is -2.66. The number of halogens is 2. The second-order valence-corrected chi connectivity index (χ2v) is 16.9. The van der Waals surface area contributed by atoms with Crippen LogP contribution in [0, 0.1) is 5.82 Å². The van der Waals surface area contributed by atoms with Gasteiger partial charge in [0.2, 0.25) is 0 Å². The monoisotopic (exact) mass is 616 g/mol. The standard InChI is InChI=1S/C35H38ClFN2O3Si/c1-24-21-39(22-25(2)42-24)33-27(19-30(32(37)31(33)36)34(40)26-13-12-18-38-20-26)23-41-43(35(3,4)5,28-14-8-6-9-15-28)29-16-10-7-11-17-29/h6-20,24-25H,21-23H2,1-5H3/t24-,25+. The zero-order valence-corrected chi connectivity index (χ0v) is 27.1. The summed E-state index contributed by atoms with van der Waals surface area (Å²) in [5.74, 6) is -1.22. The molecule has 0 amide bonds. The number of carbonyl (C=O) groups is 1. The van der Waals surface area contributed by atoms with Crippen LogP contribution in [0.25, 0.3) is 0 Å². The van der Waals surface area contributed by atoms with Crippen molar-refractivity contribution in [3.05, 3.63) is 119 Å². The third-order valence-electron chi connectivity index (χ3n) is 8.02. The molecule has 8 heteroatoms. The van der Waals surface area contributed by atoms with E-state index in [1.165, 1.54) is 6.20 Å². The first-order chi connectivity index (χ1) is 20.5. The summed E-state index contributed by atoms with van der Waals surface area (Å²) in [5.41, 5.74) is 1.39. The molecule has 0 radical (unpaired) electrons. The van der Waals surface area contributed by atoms with E-state index in [0.717, 1.165) is 10.4 Å². The molecule has 4 aromatic rings. The number of morpholine rings is 1. The number of benzene rings is 3. The van der Waals surface area contributed by atoms with Gasteiger partial charge >= 0.3 is 0 Å². The van der Waals surface area contributed by atoms with E-state index in [9.17, 15) is 4.79 Å². The highest BCUT2D eigenvalue weighted by atomic mass is 35.5. The van der Waals surface area contributed by atoms with Crippen molar-refractivity contribution in [2.45, 2.75) is 58.5 Å². The highest BCUT2D eigenvalue weighted by Gasteiger charge is 2.50. The fourth-order valence-electron chi connectivity index (χ4n) is 6.25. The number of aromatic nitrogens is 1. The molecule has 0 aliphatic carbocycles. The van der Waals surface area contributed by atoms with Crippen LogP contribution in [0.1, 0.15) is 56.1 Å². The number of hydrogen-bond donors (Lipinski definition) is 0. The number of ketones is 1. The molecule has 1 saturated heterocycles. The van der Waals surface area contributed by atoms with Gasteiger partial charge in [-0.15, -0.1) is 0 Å². The number of ether oxygens (including phenoxy) is 1. The maximum absolute atomic E-state index is 16.1. The molecule has 5 nitrogen and oxygen atoms in total. The fourth-order valence-corrected chi connectivity index (χ4v) is 11.1. The summed E-state index contributed by atoms with van der Waals surface area (Å²) >= 11 is 6.87. The van der Waals surface area contributed by atoms with Crippen LogP contribution >= 0.6 is 11.6 Å². The molecule has 5 rings (SSSR count). The van der Waals surface area contributed by atoms with Gasteiger partial charge in [0.1, 0.15) is 5.02 Å². The van der Waals surface area contributed by atoms with Gasteiger partial charge in [-0.1, -0.05) is 93.0 Å². The second-order valence-electron chi connectivity index (χ2n) is 12.2. The summed E-state index contributed by atoms with van der Waals surface area (Å²) in [6.07, 6.45) is 2.86. The van der Waals surface area contributed by atoms with E-state index in [-0.39, 0.29) is 40.0 Å². The summed E-state index contributed by atoms with van der Waals surface area (Å²) in [7, 11) is -2.95. The molecule has 1 aromatic heterocycles. The SMILES string of the molecule is C[C@@H]1CN(c2c(CO[Si](c3ccccc3)(c3ccccc3)C(C)(C)C)cc(C(=O)c3cccnc3)c(F)c2Cl)C[C@H](C)O1. The Morgan fingerprint density at radius 2 is 1.58 bits per heavy atom. The molecule has 0 bridgehead atoms. The lowest BCUT2D eigenvalue weighted by molar-refractivity contribution is -0.00532. The minimum atomic E-state index is -2.95. The van der Waals surface area contributed by atoms with E-state index in [4.69, 9.17) is 20.8 Å². The van der Waals surface area contributed by atoms with E-state index < -0.39 is 19.9 Å². The van der Waals surface area contributed by atoms with Gasteiger partial charge in [0.25, 0.3) is 8.32 Å². The summed E-state index contributed by atoms with van der Waals surface area (Å²) in [5, 5.41) is 1.90. The fraction of sp³-hybridized carbons (Fsp3) is 0.314. The Morgan fingerprint density at radius 3 is 2.09 bits per heavy atom. The van der Waals surface area contributed by atoms with E-state index in [1.54, 1.807) is 24.4 Å². The molecular formula is C35H38ClFN2O3Si. The molecule has 1 aliphatic heterocycles. The summed E-state index contributed by atoms with van der Waals surface area (Å²) < 4.78 is 29.3. The van der Waals surface area contributed by atoms with Crippen molar-refractivity contribution in [3.8, 4) is 0 Å². The number of nitrogens with zero attached hydrogens (tertiary/aromatic N) is 2. The lowest BCUT2D eigenvalue weighted by Gasteiger charge is -2.43. The van der Waals surface area contributed by atoms with E-state index in [0.29, 0.717) is 24.3 Å². The van der Waals surface area contributed by atoms with Crippen molar-refractivity contribution < 1.29 is 18.3 Å². The van der Waals surface area contributed by atoms with Gasteiger partial charge < -0.3 is 14.1 Å². The quantitative estimate of drug-likeness (QED) is 0.161. The average molecular weight is 617 g/mol. The Bertz CT molecular complexity index is 1520. The highest BCUT2D eigenvalue weighted by molar-refractivity contribution is 6.99. The first-order valence-electron chi connectivity index (χ1n) is 14.6. The Balaban J connectivity index is 1.68. The Morgan fingerprint density at radius 1 is 1.00 bits per heavy atom. The Kier molecular flexibility index (Phi) is 9.18. The molecule has 224 valence electrons. The molecular weight excluding hydrogens is 579 g/mol. The van der Waals surface area contributed by atoms with E-state index in [1.807, 2.05) is 50.2 Å². The third-order valence-corrected chi connectivity index (χ3v) is 13.4. The van der Waals surface area contributed by atoms with Crippen LogP contribution in [0.15, 0.2) is 91.3 Å². The van der Waals surface area contributed by atoms with Crippen molar-refractivity contribution in [3.63, 3.8) is 0 Å². The van der Waals surface area contributed by atoms with Crippen molar-refractivity contribution in [1.29, 1.82) is 0 Å². The van der Waals surface area contributed by atoms with Crippen LogP contribution in [0.5, 0.6) is 0 Å². The average Bonchev–Trinajstić information content (AvgIpc) is 2.99. The van der Waals surface area contributed by atoms with E-state index in [2.05, 4.69) is 54.9 Å². The van der Waals surface area contributed by atoms with Gasteiger partial charge in [-0.05, 0) is 47.5 Å². The largest absolute Gasteiger partial charge is 0.403 e. The molecule has 1 aliphatic rings. The van der Waals surface area contributed by atoms with Crippen molar-refractivity contribution in [1.82, 2.24) is 4.98 Å². The zero-order chi connectivity index (χ0) is 30.8. The molecule has 2 heterocycles. The zero-order valence-electron chi connectivity index (χ0n) is 25.3. The van der Waals surface area contributed by atoms with Crippen LogP contribution in [0.2, 0.25) is 10.1 Å². The Hall–Kier alpha value is -3.36. The summed E-state index contributed by atoms with van der Waals surface area (Å²) in [4.78, 5) is 19.7. The highest BCUT2D eigenvalue weighted by Crippen LogP contribution is 2.41. The predicted octanol–water partition coefficient (Wildman–Crippen LogP) is 6.80.